The van der Waals surface area contributed by atoms with Gasteiger partial charge in [-0.3, -0.25) is 0 Å². The van der Waals surface area contributed by atoms with E-state index in [2.05, 4.69) is 5.32 Å². The molecule has 4 heteroatoms. The number of halogens is 1. The van der Waals surface area contributed by atoms with E-state index in [1.165, 1.54) is 0 Å². The second-order valence-electron chi connectivity index (χ2n) is 1.94. The second kappa shape index (κ2) is 3.06. The number of thioether (sulfide) groups is 1. The highest BCUT2D eigenvalue weighted by Crippen LogP contribution is 2.26. The predicted molar refractivity (Wildman–Crippen MR) is 35.4 cm³/mol. The van der Waals surface area contributed by atoms with Gasteiger partial charge in [-0.1, -0.05) is 0 Å². The van der Waals surface area contributed by atoms with E-state index in [1.54, 1.807) is 11.8 Å². The third-order valence-electron chi connectivity index (χ3n) is 1.26. The van der Waals surface area contributed by atoms with Crippen molar-refractivity contribution in [2.75, 3.05) is 12.3 Å². The molecule has 0 aliphatic carbocycles. The Morgan fingerprint density at radius 3 is 2.89 bits per heavy atom. The van der Waals surface area contributed by atoms with Crippen molar-refractivity contribution >= 4 is 17.9 Å². The highest BCUT2D eigenvalue weighted by atomic mass is 32.2. The van der Waals surface area contributed by atoms with Crippen molar-refractivity contribution in [2.24, 2.45) is 0 Å². The number of amides is 1. The smallest absolute Gasteiger partial charge is 0.327 e. The van der Waals surface area contributed by atoms with Crippen molar-refractivity contribution in [2.45, 2.75) is 11.7 Å². The summed E-state index contributed by atoms with van der Waals surface area (Å²) in [5.41, 5.74) is 0. The van der Waals surface area contributed by atoms with Crippen LogP contribution >= 0.6 is 11.8 Å². The average molecular weight is 149 g/mol. The van der Waals surface area contributed by atoms with Crippen molar-refractivity contribution in [1.29, 1.82) is 0 Å². The largest absolute Gasteiger partial charge is 0.397 e. The van der Waals surface area contributed by atoms with Crippen molar-refractivity contribution in [3.8, 4) is 0 Å². The molecule has 0 spiro atoms. The van der Waals surface area contributed by atoms with E-state index in [4.69, 9.17) is 0 Å². The molecule has 1 rings (SSSR count). The van der Waals surface area contributed by atoms with Gasteiger partial charge in [0.1, 0.15) is 0 Å². The maximum absolute atomic E-state index is 11.5. The summed E-state index contributed by atoms with van der Waals surface area (Å²) in [5, 5.41) is 2.58. The zero-order valence-electron chi connectivity index (χ0n) is 4.89. The van der Waals surface area contributed by atoms with E-state index in [1.807, 2.05) is 0 Å². The van der Waals surface area contributed by atoms with Gasteiger partial charge < -0.3 is 5.32 Å². The molecule has 1 aliphatic heterocycles. The van der Waals surface area contributed by atoms with E-state index in [0.717, 1.165) is 12.2 Å². The van der Waals surface area contributed by atoms with Crippen LogP contribution in [0.1, 0.15) is 6.42 Å². The fraction of sp³-hybridized carbons (Fsp3) is 0.800. The van der Waals surface area contributed by atoms with Gasteiger partial charge in [0.15, 0.2) is 0 Å². The highest BCUT2D eigenvalue weighted by molar-refractivity contribution is 8.01. The molecule has 9 heavy (non-hydrogen) atoms. The lowest BCUT2D eigenvalue weighted by molar-refractivity contribution is 0.221. The lowest BCUT2D eigenvalue weighted by atomic mass is 10.3. The van der Waals surface area contributed by atoms with Crippen molar-refractivity contribution < 1.29 is 9.18 Å². The molecule has 0 bridgehead atoms. The van der Waals surface area contributed by atoms with Gasteiger partial charge in [-0.2, -0.15) is 11.8 Å². The van der Waals surface area contributed by atoms with E-state index >= 15 is 0 Å². The Morgan fingerprint density at radius 1 is 1.89 bits per heavy atom. The van der Waals surface area contributed by atoms with Crippen LogP contribution in [0.25, 0.3) is 0 Å². The van der Waals surface area contributed by atoms with Crippen LogP contribution in [0.2, 0.25) is 0 Å². The molecular formula is C5H8FNOS. The fourth-order valence-corrected chi connectivity index (χ4v) is 1.41. The minimum Gasteiger partial charge on any atom is -0.327 e. The molecule has 2 nitrogen and oxygen atoms in total. The third-order valence-corrected chi connectivity index (χ3v) is 2.61. The van der Waals surface area contributed by atoms with Gasteiger partial charge in [-0.15, -0.1) is 4.39 Å². The molecule has 1 saturated heterocycles. The van der Waals surface area contributed by atoms with Crippen LogP contribution in [0, 0.1) is 0 Å². The highest BCUT2D eigenvalue weighted by Gasteiger charge is 2.17. The minimum absolute atomic E-state index is 0.463. The summed E-state index contributed by atoms with van der Waals surface area (Å²) in [5.74, 6) is 1.15. The summed E-state index contributed by atoms with van der Waals surface area (Å²) in [6, 6.07) is 0. The Morgan fingerprint density at radius 2 is 2.56 bits per heavy atom. The van der Waals surface area contributed by atoms with Gasteiger partial charge in [0, 0.05) is 11.8 Å². The maximum atomic E-state index is 11.5. The molecule has 1 amide bonds. The maximum Gasteiger partial charge on any atom is 0.397 e. The standard InChI is InChI=1S/C5H8FNOS/c6-5(8)7-3-4-1-2-9-4/h4H,1-3H2,(H,7,8). The van der Waals surface area contributed by atoms with Gasteiger partial charge in [0.2, 0.25) is 0 Å². The van der Waals surface area contributed by atoms with E-state index < -0.39 is 6.16 Å². The van der Waals surface area contributed by atoms with Crippen LogP contribution in [-0.2, 0) is 0 Å². The predicted octanol–water partition coefficient (Wildman–Crippen LogP) is 1.17. The van der Waals surface area contributed by atoms with Crippen molar-refractivity contribution in [1.82, 2.24) is 5.32 Å². The molecule has 1 heterocycles. The summed E-state index contributed by atoms with van der Waals surface area (Å²) >= 11 is 1.77. The van der Waals surface area contributed by atoms with Gasteiger partial charge in [-0.05, 0) is 12.2 Å². The van der Waals surface area contributed by atoms with E-state index in [0.29, 0.717) is 11.8 Å². The van der Waals surface area contributed by atoms with E-state index in [-0.39, 0.29) is 0 Å². The summed E-state index contributed by atoms with van der Waals surface area (Å²) in [4.78, 5) is 9.70. The SMILES string of the molecule is O=C(F)NCC1CCS1. The van der Waals surface area contributed by atoms with Crippen LogP contribution in [0.4, 0.5) is 9.18 Å². The number of carbonyl (C=O) groups is 1. The lowest BCUT2D eigenvalue weighted by Crippen LogP contribution is -2.31. The number of hydrogen-bond acceptors (Lipinski definition) is 2. The molecule has 1 aliphatic rings. The first kappa shape index (κ1) is 6.86. The zero-order chi connectivity index (χ0) is 6.69. The van der Waals surface area contributed by atoms with E-state index in [9.17, 15) is 9.18 Å². The summed E-state index contributed by atoms with van der Waals surface area (Å²) < 4.78 is 11.5. The third kappa shape index (κ3) is 2.22. The fourth-order valence-electron chi connectivity index (χ4n) is 0.640. The molecular weight excluding hydrogens is 141 g/mol. The molecule has 0 aromatic heterocycles. The first-order chi connectivity index (χ1) is 4.29. The number of nitrogens with one attached hydrogen (secondary N) is 1. The van der Waals surface area contributed by atoms with Gasteiger partial charge in [-0.25, -0.2) is 4.79 Å². The molecule has 0 aromatic carbocycles. The monoisotopic (exact) mass is 149 g/mol. The molecule has 0 aromatic rings. The van der Waals surface area contributed by atoms with Crippen LogP contribution in [0.5, 0.6) is 0 Å². The van der Waals surface area contributed by atoms with Gasteiger partial charge in [0.05, 0.1) is 0 Å². The molecule has 1 atom stereocenters. The van der Waals surface area contributed by atoms with Crippen LogP contribution in [0.3, 0.4) is 0 Å². The van der Waals surface area contributed by atoms with Crippen molar-refractivity contribution in [3.63, 3.8) is 0 Å². The molecule has 0 radical (unpaired) electrons. The number of rotatable bonds is 2. The Labute approximate surface area is 57.2 Å². The second-order valence-corrected chi connectivity index (χ2v) is 3.34. The lowest BCUT2D eigenvalue weighted by Gasteiger charge is -2.23. The molecule has 1 unspecified atom stereocenters. The topological polar surface area (TPSA) is 29.1 Å². The molecule has 1 fully saturated rings. The van der Waals surface area contributed by atoms with Crippen LogP contribution in [0.15, 0.2) is 0 Å². The Kier molecular flexibility index (Phi) is 2.33. The van der Waals surface area contributed by atoms with Gasteiger partial charge >= 0.3 is 6.16 Å². The summed E-state index contributed by atoms with van der Waals surface area (Å²) in [7, 11) is 0. The molecule has 0 saturated carbocycles. The van der Waals surface area contributed by atoms with Gasteiger partial charge in [0.25, 0.3) is 0 Å². The summed E-state index contributed by atoms with van der Waals surface area (Å²) in [6.45, 7) is 0.486. The Hall–Kier alpha value is -0.250. The minimum atomic E-state index is -1.41. The number of hydrogen-bond donors (Lipinski definition) is 1. The zero-order valence-corrected chi connectivity index (χ0v) is 5.71. The van der Waals surface area contributed by atoms with Crippen molar-refractivity contribution in [3.05, 3.63) is 0 Å². The quantitative estimate of drug-likeness (QED) is 0.471. The first-order valence-electron chi connectivity index (χ1n) is 2.84. The molecule has 52 valence electrons. The number of carbonyl (C=O) groups excluding carboxylic acids is 1. The van der Waals surface area contributed by atoms with Crippen LogP contribution < -0.4 is 5.32 Å². The van der Waals surface area contributed by atoms with Crippen LogP contribution in [-0.4, -0.2) is 23.7 Å². The Balaban J connectivity index is 1.97. The summed E-state index contributed by atoms with van der Waals surface area (Å²) in [6.07, 6.45) is -0.312. The molecule has 1 N–H and O–H groups in total. The first-order valence-corrected chi connectivity index (χ1v) is 3.89. The normalized spacial score (nSPS) is 24.8. The Bertz CT molecular complexity index is 116. The average Bonchev–Trinajstić information content (AvgIpc) is 1.60.